The second-order valence-corrected chi connectivity index (χ2v) is 6.42. The summed E-state index contributed by atoms with van der Waals surface area (Å²) in [6.07, 6.45) is 5.60. The molecule has 3 aromatic rings. The summed E-state index contributed by atoms with van der Waals surface area (Å²) in [6.45, 7) is 1.81. The van der Waals surface area contributed by atoms with E-state index in [0.29, 0.717) is 17.2 Å². The Kier molecular flexibility index (Phi) is 4.62. The SMILES string of the molecule is O=c1ccc(-c2cnc(N3CCCC3)nc2)nn1Cc1ccc(F)cc1F. The van der Waals surface area contributed by atoms with Gasteiger partial charge in [-0.3, -0.25) is 4.79 Å². The van der Waals surface area contributed by atoms with Gasteiger partial charge in [0.05, 0.1) is 12.2 Å². The lowest BCUT2D eigenvalue weighted by Crippen LogP contribution is -2.23. The lowest BCUT2D eigenvalue weighted by atomic mass is 10.2. The van der Waals surface area contributed by atoms with E-state index in [1.165, 1.54) is 12.1 Å². The molecule has 0 N–H and O–H groups in total. The van der Waals surface area contributed by atoms with Crippen LogP contribution in [0.5, 0.6) is 0 Å². The third-order valence-corrected chi connectivity index (χ3v) is 4.52. The molecule has 0 unspecified atom stereocenters. The fourth-order valence-corrected chi connectivity index (χ4v) is 3.06. The van der Waals surface area contributed by atoms with Crippen molar-refractivity contribution in [1.82, 2.24) is 19.7 Å². The van der Waals surface area contributed by atoms with Crippen LogP contribution in [0.3, 0.4) is 0 Å². The van der Waals surface area contributed by atoms with Crippen molar-refractivity contribution in [3.8, 4) is 11.3 Å². The lowest BCUT2D eigenvalue weighted by Gasteiger charge is -2.14. The molecule has 6 nitrogen and oxygen atoms in total. The first-order valence-corrected chi connectivity index (χ1v) is 8.69. The molecule has 4 rings (SSSR count). The Morgan fingerprint density at radius 1 is 1.00 bits per heavy atom. The Morgan fingerprint density at radius 3 is 2.44 bits per heavy atom. The van der Waals surface area contributed by atoms with Crippen molar-refractivity contribution in [2.24, 2.45) is 0 Å². The largest absolute Gasteiger partial charge is 0.341 e. The molecule has 1 aliphatic heterocycles. The molecule has 0 atom stereocenters. The van der Waals surface area contributed by atoms with Crippen molar-refractivity contribution in [3.05, 3.63) is 70.3 Å². The number of benzene rings is 1. The highest BCUT2D eigenvalue weighted by Crippen LogP contribution is 2.19. The Hall–Kier alpha value is -3.16. The number of nitrogens with zero attached hydrogens (tertiary/aromatic N) is 5. The van der Waals surface area contributed by atoms with Gasteiger partial charge in [0.1, 0.15) is 11.6 Å². The topological polar surface area (TPSA) is 63.9 Å². The van der Waals surface area contributed by atoms with Gasteiger partial charge in [-0.1, -0.05) is 6.07 Å². The predicted molar refractivity (Wildman–Crippen MR) is 96.4 cm³/mol. The lowest BCUT2D eigenvalue weighted by molar-refractivity contribution is 0.552. The number of aromatic nitrogens is 4. The van der Waals surface area contributed by atoms with Crippen LogP contribution in [0.15, 0.2) is 47.5 Å². The van der Waals surface area contributed by atoms with Crippen molar-refractivity contribution in [2.75, 3.05) is 18.0 Å². The number of rotatable bonds is 4. The highest BCUT2D eigenvalue weighted by molar-refractivity contribution is 5.56. The van der Waals surface area contributed by atoms with Gasteiger partial charge < -0.3 is 4.90 Å². The molecule has 27 heavy (non-hydrogen) atoms. The molecule has 2 aromatic heterocycles. The fraction of sp³-hybridized carbons (Fsp3) is 0.263. The van der Waals surface area contributed by atoms with Crippen LogP contribution in [-0.4, -0.2) is 32.8 Å². The van der Waals surface area contributed by atoms with Crippen molar-refractivity contribution in [3.63, 3.8) is 0 Å². The molecule has 3 heterocycles. The molecule has 0 aliphatic carbocycles. The first-order chi connectivity index (χ1) is 13.1. The summed E-state index contributed by atoms with van der Waals surface area (Å²) < 4.78 is 28.1. The zero-order chi connectivity index (χ0) is 18.8. The summed E-state index contributed by atoms with van der Waals surface area (Å²) in [5.41, 5.74) is 0.970. The molecule has 1 aliphatic rings. The molecule has 0 amide bonds. The molecular weight excluding hydrogens is 352 g/mol. The van der Waals surface area contributed by atoms with E-state index in [1.807, 2.05) is 0 Å². The van der Waals surface area contributed by atoms with Crippen molar-refractivity contribution >= 4 is 5.95 Å². The summed E-state index contributed by atoms with van der Waals surface area (Å²) in [5, 5.41) is 4.28. The van der Waals surface area contributed by atoms with E-state index in [1.54, 1.807) is 18.5 Å². The van der Waals surface area contributed by atoms with E-state index in [2.05, 4.69) is 20.0 Å². The molecule has 0 spiro atoms. The molecule has 1 aromatic carbocycles. The molecule has 1 saturated heterocycles. The third kappa shape index (κ3) is 3.69. The fourth-order valence-electron chi connectivity index (χ4n) is 3.06. The molecule has 0 saturated carbocycles. The molecule has 138 valence electrons. The van der Waals surface area contributed by atoms with Crippen LogP contribution in [-0.2, 0) is 6.54 Å². The Morgan fingerprint density at radius 2 is 1.74 bits per heavy atom. The van der Waals surface area contributed by atoms with Crippen LogP contribution < -0.4 is 10.5 Å². The van der Waals surface area contributed by atoms with Crippen LogP contribution in [0.4, 0.5) is 14.7 Å². The number of anilines is 1. The highest BCUT2D eigenvalue weighted by Gasteiger charge is 2.15. The van der Waals surface area contributed by atoms with Gasteiger partial charge >= 0.3 is 0 Å². The number of hydrogen-bond acceptors (Lipinski definition) is 5. The molecule has 1 fully saturated rings. The Bertz CT molecular complexity index is 1010. The summed E-state index contributed by atoms with van der Waals surface area (Å²) >= 11 is 0. The monoisotopic (exact) mass is 369 g/mol. The maximum atomic E-state index is 13.9. The Labute approximate surface area is 154 Å². The highest BCUT2D eigenvalue weighted by atomic mass is 19.1. The zero-order valence-electron chi connectivity index (χ0n) is 14.5. The summed E-state index contributed by atoms with van der Waals surface area (Å²) in [5.74, 6) is -0.703. The normalized spacial score (nSPS) is 13.9. The summed E-state index contributed by atoms with van der Waals surface area (Å²) in [6, 6.07) is 6.18. The maximum Gasteiger partial charge on any atom is 0.267 e. The number of hydrogen-bond donors (Lipinski definition) is 0. The average Bonchev–Trinajstić information content (AvgIpc) is 3.20. The van der Waals surface area contributed by atoms with Crippen molar-refractivity contribution in [2.45, 2.75) is 19.4 Å². The van der Waals surface area contributed by atoms with Crippen molar-refractivity contribution < 1.29 is 8.78 Å². The van der Waals surface area contributed by atoms with Gasteiger partial charge in [-0.15, -0.1) is 0 Å². The van der Waals surface area contributed by atoms with Gasteiger partial charge in [0.25, 0.3) is 5.56 Å². The van der Waals surface area contributed by atoms with E-state index in [0.717, 1.165) is 42.7 Å². The predicted octanol–water partition coefficient (Wildman–Crippen LogP) is 2.63. The minimum atomic E-state index is -0.715. The van der Waals surface area contributed by atoms with E-state index in [9.17, 15) is 13.6 Å². The van der Waals surface area contributed by atoms with Gasteiger partial charge in [0, 0.05) is 48.7 Å². The third-order valence-electron chi connectivity index (χ3n) is 4.52. The van der Waals surface area contributed by atoms with Crippen LogP contribution in [0, 0.1) is 11.6 Å². The van der Waals surface area contributed by atoms with Crippen LogP contribution in [0.2, 0.25) is 0 Å². The second-order valence-electron chi connectivity index (χ2n) is 6.42. The standard InChI is InChI=1S/C19H17F2N5O/c20-15-4-3-13(16(21)9-15)12-26-18(27)6-5-17(24-26)14-10-22-19(23-11-14)25-7-1-2-8-25/h3-6,9-11H,1-2,7-8,12H2. The van der Waals surface area contributed by atoms with E-state index < -0.39 is 11.6 Å². The maximum absolute atomic E-state index is 13.9. The van der Waals surface area contributed by atoms with Crippen LogP contribution in [0.1, 0.15) is 18.4 Å². The zero-order valence-corrected chi connectivity index (χ0v) is 14.5. The quantitative estimate of drug-likeness (QED) is 0.707. The molecule has 0 radical (unpaired) electrons. The van der Waals surface area contributed by atoms with E-state index >= 15 is 0 Å². The van der Waals surface area contributed by atoms with Crippen molar-refractivity contribution in [1.29, 1.82) is 0 Å². The van der Waals surface area contributed by atoms with Gasteiger partial charge in [0.2, 0.25) is 5.95 Å². The van der Waals surface area contributed by atoms with Crippen LogP contribution >= 0.6 is 0 Å². The average molecular weight is 369 g/mol. The molecule has 0 bridgehead atoms. The molecular formula is C19H17F2N5O. The summed E-state index contributed by atoms with van der Waals surface area (Å²) in [7, 11) is 0. The minimum absolute atomic E-state index is 0.0918. The smallest absolute Gasteiger partial charge is 0.267 e. The van der Waals surface area contributed by atoms with Crippen LogP contribution in [0.25, 0.3) is 11.3 Å². The molecule has 8 heteroatoms. The van der Waals surface area contributed by atoms with Gasteiger partial charge in [-0.05, 0) is 25.0 Å². The van der Waals surface area contributed by atoms with Gasteiger partial charge in [-0.2, -0.15) is 5.10 Å². The first-order valence-electron chi connectivity index (χ1n) is 8.69. The van der Waals surface area contributed by atoms with Gasteiger partial charge in [-0.25, -0.2) is 23.4 Å². The van der Waals surface area contributed by atoms with E-state index in [4.69, 9.17) is 0 Å². The first kappa shape index (κ1) is 17.3. The van der Waals surface area contributed by atoms with E-state index in [-0.39, 0.29) is 17.7 Å². The second kappa shape index (κ2) is 7.22. The minimum Gasteiger partial charge on any atom is -0.341 e. The number of halogens is 2. The van der Waals surface area contributed by atoms with Gasteiger partial charge in [0.15, 0.2) is 0 Å². The summed E-state index contributed by atoms with van der Waals surface area (Å²) in [4.78, 5) is 23.0. The Balaban J connectivity index is 1.61.